The molecular formula is C12H29OSi2. The minimum Gasteiger partial charge on any atom is -0.456 e. The van der Waals surface area contributed by atoms with Crippen LogP contribution in [-0.4, -0.2) is 17.4 Å². The molecule has 0 saturated heterocycles. The Morgan fingerprint density at radius 1 is 1.13 bits per heavy atom. The molecule has 0 amide bonds. The molecule has 0 aromatic carbocycles. The Morgan fingerprint density at radius 3 is 2.13 bits per heavy atom. The first kappa shape index (κ1) is 15.4. The molecule has 0 aliphatic rings. The fourth-order valence-electron chi connectivity index (χ4n) is 2.29. The van der Waals surface area contributed by atoms with Crippen LogP contribution in [-0.2, 0) is 4.12 Å². The van der Waals surface area contributed by atoms with Gasteiger partial charge in [0.15, 0.2) is 17.4 Å². The van der Waals surface area contributed by atoms with Gasteiger partial charge < -0.3 is 4.12 Å². The number of rotatable bonds is 8. The average molecular weight is 246 g/mol. The molecule has 15 heavy (non-hydrogen) atoms. The highest BCUT2D eigenvalue weighted by Crippen LogP contribution is 2.32. The van der Waals surface area contributed by atoms with Gasteiger partial charge in [-0.1, -0.05) is 46.0 Å². The van der Waals surface area contributed by atoms with Crippen LogP contribution in [0.5, 0.6) is 0 Å². The van der Waals surface area contributed by atoms with E-state index in [4.69, 9.17) is 4.12 Å². The van der Waals surface area contributed by atoms with Gasteiger partial charge in [-0.2, -0.15) is 0 Å². The molecule has 0 saturated carbocycles. The summed E-state index contributed by atoms with van der Waals surface area (Å²) >= 11 is 0. The Morgan fingerprint density at radius 2 is 1.73 bits per heavy atom. The quantitative estimate of drug-likeness (QED) is 0.440. The highest BCUT2D eigenvalue weighted by molar-refractivity contribution is 6.78. The molecule has 1 radical (unpaired) electrons. The predicted molar refractivity (Wildman–Crippen MR) is 74.2 cm³/mol. The maximum absolute atomic E-state index is 6.26. The third-order valence-electron chi connectivity index (χ3n) is 3.10. The van der Waals surface area contributed by atoms with Gasteiger partial charge in [0.1, 0.15) is 0 Å². The van der Waals surface area contributed by atoms with Gasteiger partial charge in [0.05, 0.1) is 0 Å². The van der Waals surface area contributed by atoms with Crippen molar-refractivity contribution in [2.24, 2.45) is 0 Å². The molecule has 0 rings (SSSR count). The van der Waals surface area contributed by atoms with Crippen LogP contribution >= 0.6 is 0 Å². The number of unbranched alkanes of at least 4 members (excludes halogenated alkanes) is 2. The van der Waals surface area contributed by atoms with E-state index in [1.807, 2.05) is 0 Å². The topological polar surface area (TPSA) is 9.23 Å². The van der Waals surface area contributed by atoms with Crippen LogP contribution in [0.15, 0.2) is 0 Å². The standard InChI is InChI=1S/C12H29OSi2/c1-7-9-10-11-12(8-2)15(5,6)13-14(3)4/h12H,7-11H2,1-6H3. The minimum absolute atomic E-state index is 0.514. The van der Waals surface area contributed by atoms with Crippen molar-refractivity contribution in [1.82, 2.24) is 0 Å². The van der Waals surface area contributed by atoms with E-state index in [-0.39, 0.29) is 0 Å². The van der Waals surface area contributed by atoms with E-state index in [2.05, 4.69) is 40.0 Å². The zero-order chi connectivity index (χ0) is 11.9. The van der Waals surface area contributed by atoms with Crippen LogP contribution in [0.1, 0.15) is 46.0 Å². The lowest BCUT2D eigenvalue weighted by Crippen LogP contribution is -2.40. The van der Waals surface area contributed by atoms with Crippen molar-refractivity contribution >= 4 is 17.4 Å². The molecule has 0 fully saturated rings. The maximum atomic E-state index is 6.26. The van der Waals surface area contributed by atoms with Gasteiger partial charge in [-0.25, -0.2) is 0 Å². The van der Waals surface area contributed by atoms with Crippen LogP contribution in [0.2, 0.25) is 31.7 Å². The first-order valence-corrected chi connectivity index (χ1v) is 11.8. The van der Waals surface area contributed by atoms with Crippen molar-refractivity contribution in [2.75, 3.05) is 0 Å². The summed E-state index contributed by atoms with van der Waals surface area (Å²) in [5.41, 5.74) is 0.865. The summed E-state index contributed by atoms with van der Waals surface area (Å²) < 4.78 is 6.26. The molecule has 0 aromatic heterocycles. The number of hydrogen-bond donors (Lipinski definition) is 0. The molecule has 0 N–H and O–H groups in total. The largest absolute Gasteiger partial charge is 0.456 e. The van der Waals surface area contributed by atoms with Gasteiger partial charge in [-0.3, -0.25) is 0 Å². The minimum atomic E-state index is -1.40. The summed E-state index contributed by atoms with van der Waals surface area (Å²) in [4.78, 5) is 0. The van der Waals surface area contributed by atoms with E-state index < -0.39 is 17.4 Å². The number of hydrogen-bond acceptors (Lipinski definition) is 1. The molecule has 0 aromatic rings. The molecule has 91 valence electrons. The monoisotopic (exact) mass is 245 g/mol. The first-order chi connectivity index (χ1) is 6.94. The van der Waals surface area contributed by atoms with Gasteiger partial charge in [0.25, 0.3) is 0 Å². The zero-order valence-electron chi connectivity index (χ0n) is 11.5. The van der Waals surface area contributed by atoms with Crippen molar-refractivity contribution in [3.05, 3.63) is 0 Å². The summed E-state index contributed by atoms with van der Waals surface area (Å²) in [5, 5.41) is 0. The van der Waals surface area contributed by atoms with Gasteiger partial charge >= 0.3 is 0 Å². The lowest BCUT2D eigenvalue weighted by Gasteiger charge is -2.33. The molecule has 0 aliphatic heterocycles. The molecule has 0 bridgehead atoms. The van der Waals surface area contributed by atoms with Gasteiger partial charge in [-0.05, 0) is 31.7 Å². The lowest BCUT2D eigenvalue weighted by molar-refractivity contribution is 0.507. The van der Waals surface area contributed by atoms with Crippen LogP contribution in [0, 0.1) is 0 Å². The predicted octanol–water partition coefficient (Wildman–Crippen LogP) is 4.82. The van der Waals surface area contributed by atoms with Crippen molar-refractivity contribution in [1.29, 1.82) is 0 Å². The Hall–Kier alpha value is 0.394. The summed E-state index contributed by atoms with van der Waals surface area (Å²) in [6, 6.07) is 0. The lowest BCUT2D eigenvalue weighted by atomic mass is 10.1. The second kappa shape index (κ2) is 7.63. The van der Waals surface area contributed by atoms with Crippen LogP contribution in [0.3, 0.4) is 0 Å². The Kier molecular flexibility index (Phi) is 7.83. The van der Waals surface area contributed by atoms with Crippen LogP contribution < -0.4 is 0 Å². The normalized spacial score (nSPS) is 14.6. The van der Waals surface area contributed by atoms with E-state index in [1.54, 1.807) is 0 Å². The summed E-state index contributed by atoms with van der Waals surface area (Å²) in [5.74, 6) is 0. The molecule has 0 aliphatic carbocycles. The molecular weight excluding hydrogens is 216 g/mol. The summed E-state index contributed by atoms with van der Waals surface area (Å²) in [6.07, 6.45) is 6.80. The van der Waals surface area contributed by atoms with E-state index in [0.29, 0.717) is 0 Å². The third-order valence-corrected chi connectivity index (χ3v) is 9.50. The van der Waals surface area contributed by atoms with Crippen molar-refractivity contribution < 1.29 is 4.12 Å². The molecule has 1 nitrogen and oxygen atoms in total. The molecule has 1 unspecified atom stereocenters. The van der Waals surface area contributed by atoms with Crippen LogP contribution in [0.25, 0.3) is 0 Å². The van der Waals surface area contributed by atoms with Crippen LogP contribution in [0.4, 0.5) is 0 Å². The van der Waals surface area contributed by atoms with E-state index in [1.165, 1.54) is 32.1 Å². The molecule has 1 atom stereocenters. The molecule has 3 heteroatoms. The zero-order valence-corrected chi connectivity index (χ0v) is 13.5. The van der Waals surface area contributed by atoms with Gasteiger partial charge in [0, 0.05) is 0 Å². The third kappa shape index (κ3) is 6.53. The Balaban J connectivity index is 4.11. The highest BCUT2D eigenvalue weighted by Gasteiger charge is 2.32. The molecule has 0 spiro atoms. The molecule has 0 heterocycles. The average Bonchev–Trinajstić information content (AvgIpc) is 2.09. The van der Waals surface area contributed by atoms with Gasteiger partial charge in [-0.15, -0.1) is 0 Å². The van der Waals surface area contributed by atoms with E-state index in [9.17, 15) is 0 Å². The smallest absolute Gasteiger partial charge is 0.191 e. The Labute approximate surface area is 99.5 Å². The summed E-state index contributed by atoms with van der Waals surface area (Å²) in [7, 11) is -1.91. The highest BCUT2D eigenvalue weighted by atomic mass is 28.4. The second-order valence-electron chi connectivity index (χ2n) is 5.21. The van der Waals surface area contributed by atoms with Crippen molar-refractivity contribution in [2.45, 2.75) is 77.7 Å². The van der Waals surface area contributed by atoms with E-state index >= 15 is 0 Å². The summed E-state index contributed by atoms with van der Waals surface area (Å²) in [6.45, 7) is 13.9. The first-order valence-electron chi connectivity index (χ1n) is 6.43. The fraction of sp³-hybridized carbons (Fsp3) is 1.00. The van der Waals surface area contributed by atoms with Gasteiger partial charge in [0.2, 0.25) is 0 Å². The maximum Gasteiger partial charge on any atom is 0.191 e. The Bertz CT molecular complexity index is 158. The second-order valence-corrected chi connectivity index (χ2v) is 11.9. The fourth-order valence-corrected chi connectivity index (χ4v) is 9.05. The van der Waals surface area contributed by atoms with E-state index in [0.717, 1.165) is 5.54 Å². The van der Waals surface area contributed by atoms with Crippen molar-refractivity contribution in [3.63, 3.8) is 0 Å². The SMILES string of the molecule is CCCCCC(CC)[Si](C)(C)O[Si](C)C. The van der Waals surface area contributed by atoms with Crippen molar-refractivity contribution in [3.8, 4) is 0 Å².